The molecule has 0 heterocycles. The Balaban J connectivity index is 2.11. The first-order chi connectivity index (χ1) is 8.58. The van der Waals surface area contributed by atoms with Crippen molar-refractivity contribution in [1.29, 1.82) is 0 Å². The Morgan fingerprint density at radius 3 is 2.72 bits per heavy atom. The highest BCUT2D eigenvalue weighted by Gasteiger charge is 2.23. The molecule has 0 amide bonds. The van der Waals surface area contributed by atoms with Gasteiger partial charge in [0.05, 0.1) is 10.6 Å². The number of nitrogen functional groups attached to an aromatic ring is 1. The summed E-state index contributed by atoms with van der Waals surface area (Å²) in [5, 5.41) is 10.6. The lowest BCUT2D eigenvalue weighted by Crippen LogP contribution is -2.28. The largest absolute Gasteiger partial charge is 0.488 e. The quantitative estimate of drug-likeness (QED) is 0.508. The van der Waals surface area contributed by atoms with Crippen LogP contribution in [0.3, 0.4) is 0 Å². The smallest absolute Gasteiger partial charge is 0.271 e. The van der Waals surface area contributed by atoms with Gasteiger partial charge in [0, 0.05) is 12.1 Å². The van der Waals surface area contributed by atoms with E-state index in [2.05, 4.69) is 6.92 Å². The lowest BCUT2D eigenvalue weighted by Gasteiger charge is -2.29. The highest BCUT2D eigenvalue weighted by atomic mass is 16.6. The molecular weight excluding hydrogens is 232 g/mol. The summed E-state index contributed by atoms with van der Waals surface area (Å²) < 4.78 is 5.89. The van der Waals surface area contributed by atoms with Crippen LogP contribution in [0.2, 0.25) is 0 Å². The molecule has 2 unspecified atom stereocenters. The number of rotatable bonds is 3. The standard InChI is InChI=1S/C13H18N2O3/c1-9-4-2-3-5-12(9)18-13-7-6-10(15(16)17)8-11(13)14/h6-9,12H,2-5,14H2,1H3. The maximum absolute atomic E-state index is 10.6. The molecule has 0 saturated heterocycles. The van der Waals surface area contributed by atoms with Gasteiger partial charge in [-0.15, -0.1) is 0 Å². The number of nitrogens with two attached hydrogens (primary N) is 1. The minimum Gasteiger partial charge on any atom is -0.488 e. The van der Waals surface area contributed by atoms with Gasteiger partial charge < -0.3 is 10.5 Å². The second-order valence-electron chi connectivity index (χ2n) is 4.90. The van der Waals surface area contributed by atoms with E-state index in [9.17, 15) is 10.1 Å². The summed E-state index contributed by atoms with van der Waals surface area (Å²) in [5.41, 5.74) is 6.12. The molecule has 98 valence electrons. The molecule has 1 aliphatic carbocycles. The molecule has 0 aromatic heterocycles. The van der Waals surface area contributed by atoms with Crippen LogP contribution < -0.4 is 10.5 Å². The van der Waals surface area contributed by atoms with E-state index in [4.69, 9.17) is 10.5 Å². The molecule has 1 fully saturated rings. The van der Waals surface area contributed by atoms with Crippen LogP contribution in [0.25, 0.3) is 0 Å². The number of hydrogen-bond acceptors (Lipinski definition) is 4. The van der Waals surface area contributed by atoms with Crippen molar-refractivity contribution < 1.29 is 9.66 Å². The maximum atomic E-state index is 10.6. The van der Waals surface area contributed by atoms with E-state index in [-0.39, 0.29) is 11.8 Å². The zero-order valence-corrected chi connectivity index (χ0v) is 10.5. The third kappa shape index (κ3) is 2.72. The molecule has 0 aliphatic heterocycles. The topological polar surface area (TPSA) is 78.4 Å². The Morgan fingerprint density at radius 2 is 2.11 bits per heavy atom. The molecule has 2 atom stereocenters. The third-order valence-electron chi connectivity index (χ3n) is 3.52. The number of hydrogen-bond donors (Lipinski definition) is 1. The van der Waals surface area contributed by atoms with Gasteiger partial charge in [0.15, 0.2) is 0 Å². The van der Waals surface area contributed by atoms with Crippen LogP contribution in [0.1, 0.15) is 32.6 Å². The van der Waals surface area contributed by atoms with Crippen molar-refractivity contribution in [2.24, 2.45) is 5.92 Å². The Kier molecular flexibility index (Phi) is 3.69. The molecule has 5 nitrogen and oxygen atoms in total. The van der Waals surface area contributed by atoms with E-state index in [0.29, 0.717) is 17.4 Å². The summed E-state index contributed by atoms with van der Waals surface area (Å²) >= 11 is 0. The zero-order valence-electron chi connectivity index (χ0n) is 10.5. The molecule has 2 N–H and O–H groups in total. The minimum atomic E-state index is -0.455. The number of nitro benzene ring substituents is 1. The molecule has 1 aliphatic rings. The van der Waals surface area contributed by atoms with Crippen LogP contribution in [0.4, 0.5) is 11.4 Å². The summed E-state index contributed by atoms with van der Waals surface area (Å²) in [4.78, 5) is 10.2. The molecule has 2 rings (SSSR count). The average Bonchev–Trinajstić information content (AvgIpc) is 2.34. The second kappa shape index (κ2) is 5.25. The van der Waals surface area contributed by atoms with E-state index in [1.54, 1.807) is 6.07 Å². The number of anilines is 1. The van der Waals surface area contributed by atoms with Crippen molar-refractivity contribution in [3.05, 3.63) is 28.3 Å². The van der Waals surface area contributed by atoms with Crippen molar-refractivity contribution in [2.45, 2.75) is 38.7 Å². The first-order valence-electron chi connectivity index (χ1n) is 6.28. The zero-order chi connectivity index (χ0) is 13.1. The van der Waals surface area contributed by atoms with Crippen LogP contribution in [0, 0.1) is 16.0 Å². The van der Waals surface area contributed by atoms with E-state index in [1.807, 2.05) is 0 Å². The lowest BCUT2D eigenvalue weighted by molar-refractivity contribution is -0.384. The molecule has 18 heavy (non-hydrogen) atoms. The lowest BCUT2D eigenvalue weighted by atomic mass is 9.88. The van der Waals surface area contributed by atoms with Gasteiger partial charge in [-0.1, -0.05) is 13.3 Å². The Morgan fingerprint density at radius 1 is 1.39 bits per heavy atom. The first-order valence-corrected chi connectivity index (χ1v) is 6.28. The van der Waals surface area contributed by atoms with Crippen molar-refractivity contribution in [2.75, 3.05) is 5.73 Å². The summed E-state index contributed by atoms with van der Waals surface area (Å²) in [6.07, 6.45) is 4.77. The van der Waals surface area contributed by atoms with Gasteiger partial charge in [-0.2, -0.15) is 0 Å². The summed E-state index contributed by atoms with van der Waals surface area (Å²) in [6.45, 7) is 2.17. The van der Waals surface area contributed by atoms with E-state index >= 15 is 0 Å². The normalized spacial score (nSPS) is 23.6. The fourth-order valence-corrected chi connectivity index (χ4v) is 2.38. The SMILES string of the molecule is CC1CCCCC1Oc1ccc([N+](=O)[O-])cc1N. The van der Waals surface area contributed by atoms with Crippen molar-refractivity contribution in [3.63, 3.8) is 0 Å². The molecule has 1 saturated carbocycles. The van der Waals surface area contributed by atoms with Crippen LogP contribution in [0.5, 0.6) is 5.75 Å². The molecule has 1 aromatic rings. The fourth-order valence-electron chi connectivity index (χ4n) is 2.38. The average molecular weight is 250 g/mol. The second-order valence-corrected chi connectivity index (χ2v) is 4.90. The molecule has 5 heteroatoms. The molecule has 0 spiro atoms. The number of nitrogens with zero attached hydrogens (tertiary/aromatic N) is 1. The highest BCUT2D eigenvalue weighted by molar-refractivity contribution is 5.58. The maximum Gasteiger partial charge on any atom is 0.271 e. The highest BCUT2D eigenvalue weighted by Crippen LogP contribution is 2.32. The van der Waals surface area contributed by atoms with Gasteiger partial charge in [0.2, 0.25) is 0 Å². The number of non-ortho nitro benzene ring substituents is 1. The van der Waals surface area contributed by atoms with Crippen LogP contribution >= 0.6 is 0 Å². The third-order valence-corrected chi connectivity index (χ3v) is 3.52. The van der Waals surface area contributed by atoms with Gasteiger partial charge in [-0.3, -0.25) is 10.1 Å². The van der Waals surface area contributed by atoms with Crippen molar-refractivity contribution in [3.8, 4) is 5.75 Å². The number of benzene rings is 1. The molecule has 0 bridgehead atoms. The van der Waals surface area contributed by atoms with Gasteiger partial charge in [-0.25, -0.2) is 0 Å². The van der Waals surface area contributed by atoms with Gasteiger partial charge in [0.25, 0.3) is 5.69 Å². The minimum absolute atomic E-state index is 0.00320. The fraction of sp³-hybridized carbons (Fsp3) is 0.538. The van der Waals surface area contributed by atoms with Gasteiger partial charge in [-0.05, 0) is 31.2 Å². The Hall–Kier alpha value is -1.78. The summed E-state index contributed by atoms with van der Waals surface area (Å²) in [5.74, 6) is 1.06. The predicted octanol–water partition coefficient (Wildman–Crippen LogP) is 3.13. The van der Waals surface area contributed by atoms with Gasteiger partial charge >= 0.3 is 0 Å². The van der Waals surface area contributed by atoms with Crippen molar-refractivity contribution >= 4 is 11.4 Å². The van der Waals surface area contributed by atoms with Gasteiger partial charge in [0.1, 0.15) is 11.9 Å². The summed E-state index contributed by atoms with van der Waals surface area (Å²) in [7, 11) is 0. The molecule has 1 aromatic carbocycles. The monoisotopic (exact) mass is 250 g/mol. The predicted molar refractivity (Wildman–Crippen MR) is 69.6 cm³/mol. The van der Waals surface area contributed by atoms with E-state index < -0.39 is 4.92 Å². The van der Waals surface area contributed by atoms with Crippen molar-refractivity contribution in [1.82, 2.24) is 0 Å². The Labute approximate surface area is 106 Å². The molecule has 0 radical (unpaired) electrons. The number of nitro groups is 1. The Bertz CT molecular complexity index is 448. The molecular formula is C13H18N2O3. The first kappa shape index (κ1) is 12.7. The van der Waals surface area contributed by atoms with E-state index in [1.165, 1.54) is 25.0 Å². The number of ether oxygens (including phenoxy) is 1. The van der Waals surface area contributed by atoms with Crippen LogP contribution in [-0.4, -0.2) is 11.0 Å². The summed E-state index contributed by atoms with van der Waals surface area (Å²) in [6, 6.07) is 4.37. The van der Waals surface area contributed by atoms with Crippen LogP contribution in [-0.2, 0) is 0 Å². The van der Waals surface area contributed by atoms with E-state index in [0.717, 1.165) is 12.8 Å². The van der Waals surface area contributed by atoms with Crippen LogP contribution in [0.15, 0.2) is 18.2 Å².